The fourth-order valence-corrected chi connectivity index (χ4v) is 8.45. The third-order valence-corrected chi connectivity index (χ3v) is 12.6. The Kier molecular flexibility index (Phi) is 16.9. The summed E-state index contributed by atoms with van der Waals surface area (Å²) in [6.45, 7) is 1.18. The SMILES string of the molecule is COc1c2cccc1Cc1cc(C(=O)NS(=O)(=O)C(F)(F)F)cc3c1OCCOCCOCCOCCOCCOc1c(cc(C(=O)NS(=O)(=O)C(F)(F)F)cc1Cc1cccc(c1OC)C3)C2. The van der Waals surface area contributed by atoms with Gasteiger partial charge in [0.15, 0.2) is 0 Å². The molecule has 2 N–H and O–H groups in total. The number of carbonyl (C=O) groups is 2. The van der Waals surface area contributed by atoms with E-state index in [0.29, 0.717) is 22.3 Å². The maximum absolute atomic E-state index is 13.5. The number of hydrogen-bond acceptors (Lipinski definition) is 14. The molecule has 2 aliphatic rings. The fraction of sp³-hybridized carbons (Fsp3) is 0.409. The third kappa shape index (κ3) is 12.7. The Morgan fingerprint density at radius 3 is 0.985 bits per heavy atom. The molecule has 1 heterocycles. The van der Waals surface area contributed by atoms with Crippen LogP contribution in [0.5, 0.6) is 23.0 Å². The van der Waals surface area contributed by atoms with Gasteiger partial charge in [-0.25, -0.2) is 9.44 Å². The number of ether oxygens (including phenoxy) is 8. The van der Waals surface area contributed by atoms with Crippen LogP contribution < -0.4 is 28.4 Å². The molecule has 0 unspecified atom stereocenters. The van der Waals surface area contributed by atoms with Gasteiger partial charge in [-0.05, 0) is 68.8 Å². The van der Waals surface area contributed by atoms with Gasteiger partial charge in [-0.15, -0.1) is 0 Å². The van der Waals surface area contributed by atoms with Gasteiger partial charge in [-0.2, -0.15) is 43.2 Å². The average molecular weight is 1000 g/mol. The van der Waals surface area contributed by atoms with E-state index in [4.69, 9.17) is 37.9 Å². The van der Waals surface area contributed by atoms with Gasteiger partial charge in [-0.3, -0.25) is 9.59 Å². The van der Waals surface area contributed by atoms with Crippen molar-refractivity contribution >= 4 is 31.9 Å². The van der Waals surface area contributed by atoms with Crippen LogP contribution in [0.15, 0.2) is 60.7 Å². The number of para-hydroxylation sites is 2. The summed E-state index contributed by atoms with van der Waals surface area (Å²) >= 11 is 0. The van der Waals surface area contributed by atoms with Crippen molar-refractivity contribution in [3.05, 3.63) is 116 Å². The van der Waals surface area contributed by atoms with E-state index in [1.165, 1.54) is 38.5 Å². The zero-order chi connectivity index (χ0) is 49.3. The molecule has 6 rings (SSSR count). The van der Waals surface area contributed by atoms with Gasteiger partial charge in [0.05, 0.1) is 67.1 Å². The monoisotopic (exact) mass is 1000 g/mol. The van der Waals surface area contributed by atoms with Crippen molar-refractivity contribution in [2.45, 2.75) is 36.7 Å². The largest absolute Gasteiger partial charge is 0.516 e. The molecule has 370 valence electrons. The average Bonchev–Trinajstić information content (AvgIpc) is 3.26. The Bertz CT molecular complexity index is 2420. The summed E-state index contributed by atoms with van der Waals surface area (Å²) < 4.78 is 179. The van der Waals surface area contributed by atoms with Crippen molar-refractivity contribution in [2.24, 2.45) is 0 Å². The summed E-state index contributed by atoms with van der Waals surface area (Å²) in [5, 5.41) is 0. The summed E-state index contributed by atoms with van der Waals surface area (Å²) in [6.07, 6.45) is -0.650. The maximum atomic E-state index is 13.5. The molecule has 10 bridgehead atoms. The minimum atomic E-state index is -6.15. The Morgan fingerprint density at radius 2 is 0.735 bits per heavy atom. The van der Waals surface area contributed by atoms with Gasteiger partial charge < -0.3 is 37.9 Å². The van der Waals surface area contributed by atoms with Crippen LogP contribution in [-0.2, 0) is 64.7 Å². The van der Waals surface area contributed by atoms with E-state index in [-0.39, 0.29) is 137 Å². The van der Waals surface area contributed by atoms with E-state index in [0.717, 1.165) is 9.44 Å². The van der Waals surface area contributed by atoms with Crippen LogP contribution in [0, 0.1) is 0 Å². The molecule has 0 aromatic heterocycles. The van der Waals surface area contributed by atoms with Crippen molar-refractivity contribution in [2.75, 3.05) is 80.3 Å². The van der Waals surface area contributed by atoms with Gasteiger partial charge >= 0.3 is 31.1 Å². The topological polar surface area (TPSA) is 200 Å². The van der Waals surface area contributed by atoms with E-state index in [1.807, 2.05) is 0 Å². The Hall–Kier alpha value is -5.66. The van der Waals surface area contributed by atoms with E-state index < -0.39 is 54.0 Å². The molecule has 16 nitrogen and oxygen atoms in total. The second kappa shape index (κ2) is 22.2. The lowest BCUT2D eigenvalue weighted by Gasteiger charge is -2.23. The number of benzene rings is 4. The summed E-state index contributed by atoms with van der Waals surface area (Å²) in [7, 11) is -9.62. The molecule has 0 radical (unpaired) electrons. The smallest absolute Gasteiger partial charge is 0.496 e. The predicted molar refractivity (Wildman–Crippen MR) is 229 cm³/mol. The molecule has 68 heavy (non-hydrogen) atoms. The molecule has 2 amide bonds. The van der Waals surface area contributed by atoms with Crippen molar-refractivity contribution in [3.63, 3.8) is 0 Å². The van der Waals surface area contributed by atoms with Crippen molar-refractivity contribution < 1.29 is 90.7 Å². The van der Waals surface area contributed by atoms with E-state index in [9.17, 15) is 52.8 Å². The van der Waals surface area contributed by atoms with Gasteiger partial charge in [-0.1, -0.05) is 36.4 Å². The van der Waals surface area contributed by atoms with Crippen molar-refractivity contribution in [1.29, 1.82) is 0 Å². The van der Waals surface area contributed by atoms with Crippen LogP contribution in [0.3, 0.4) is 0 Å². The van der Waals surface area contributed by atoms with Crippen molar-refractivity contribution in [1.82, 2.24) is 9.44 Å². The number of alkyl halides is 6. The van der Waals surface area contributed by atoms with Crippen LogP contribution in [0.2, 0.25) is 0 Å². The highest BCUT2D eigenvalue weighted by Crippen LogP contribution is 2.40. The van der Waals surface area contributed by atoms with Gasteiger partial charge in [0.1, 0.15) is 36.2 Å². The molecule has 1 aliphatic heterocycles. The standard InChI is InChI=1S/C44H46F6N2O14S2/c1-59-37-27-5-3-6-28(37)20-32-24-36(42(54)52-68(57,58)44(48,49)50)26-34-22-30-8-4-7-29(38(30)60-2)21-33-25-35(41(53)51-67(55,56)43(45,46)47)23-31(19-27)39(33)65-17-15-63-13-11-61-9-10-62-12-14-64-16-18-66-40(32)34/h3-8,23-26H,9-22H2,1-2H3,(H,51,53)(H,52,54). The van der Waals surface area contributed by atoms with E-state index >= 15 is 0 Å². The summed E-state index contributed by atoms with van der Waals surface area (Å²) in [5.41, 5.74) is -10.2. The predicted octanol–water partition coefficient (Wildman–Crippen LogP) is 5.38. The number of fused-ring (bicyclic) bond motifs is 2. The zero-order valence-electron chi connectivity index (χ0n) is 36.5. The van der Waals surface area contributed by atoms with Gasteiger partial charge in [0, 0.05) is 36.8 Å². The molecule has 0 saturated carbocycles. The van der Waals surface area contributed by atoms with E-state index in [1.54, 1.807) is 36.4 Å². The normalized spacial score (nSPS) is 16.1. The first-order valence-corrected chi connectivity index (χ1v) is 23.6. The number of sulfonamides is 2. The molecule has 4 aromatic carbocycles. The van der Waals surface area contributed by atoms with Gasteiger partial charge in [0.25, 0.3) is 11.8 Å². The molecule has 0 fully saturated rings. The van der Waals surface area contributed by atoms with Crippen LogP contribution in [0.25, 0.3) is 0 Å². The van der Waals surface area contributed by atoms with Crippen LogP contribution in [-0.4, -0.2) is 120 Å². The molecule has 0 spiro atoms. The highest BCUT2D eigenvalue weighted by Gasteiger charge is 2.48. The molecule has 4 aromatic rings. The Balaban J connectivity index is 1.60. The molecular weight excluding hydrogens is 959 g/mol. The van der Waals surface area contributed by atoms with Crippen molar-refractivity contribution in [3.8, 4) is 23.0 Å². The molecule has 0 saturated heterocycles. The Morgan fingerprint density at radius 1 is 0.471 bits per heavy atom. The number of rotatable bonds is 6. The number of halogens is 6. The summed E-state index contributed by atoms with van der Waals surface area (Å²) in [4.78, 5) is 27.0. The first kappa shape index (κ1) is 51.7. The third-order valence-electron chi connectivity index (χ3n) is 10.4. The molecule has 24 heteroatoms. The second-order valence-corrected chi connectivity index (χ2v) is 18.4. The molecule has 1 aliphatic carbocycles. The van der Waals surface area contributed by atoms with Crippen LogP contribution >= 0.6 is 0 Å². The second-order valence-electron chi connectivity index (χ2n) is 15.1. The number of carbonyl (C=O) groups excluding carboxylic acids is 2. The molecular formula is C44H46F6N2O14S2. The number of methoxy groups -OCH3 is 2. The first-order chi connectivity index (χ1) is 32.2. The first-order valence-electron chi connectivity index (χ1n) is 20.7. The summed E-state index contributed by atoms with van der Waals surface area (Å²) in [6, 6.07) is 14.5. The zero-order valence-corrected chi connectivity index (χ0v) is 38.1. The van der Waals surface area contributed by atoms with E-state index in [2.05, 4.69) is 0 Å². The highest BCUT2D eigenvalue weighted by molar-refractivity contribution is 7.91. The molecule has 0 atom stereocenters. The number of nitrogens with one attached hydrogen (secondary N) is 2. The van der Waals surface area contributed by atoms with Gasteiger partial charge in [0.2, 0.25) is 0 Å². The lowest BCUT2D eigenvalue weighted by molar-refractivity contribution is -0.0451. The quantitative estimate of drug-likeness (QED) is 0.206. The fourth-order valence-electron chi connectivity index (χ4n) is 7.49. The lowest BCUT2D eigenvalue weighted by atomic mass is 9.89. The minimum Gasteiger partial charge on any atom is -0.496 e. The maximum Gasteiger partial charge on any atom is 0.516 e. The van der Waals surface area contributed by atoms with Crippen LogP contribution in [0.4, 0.5) is 26.3 Å². The van der Waals surface area contributed by atoms with Crippen LogP contribution in [0.1, 0.15) is 65.2 Å². The summed E-state index contributed by atoms with van der Waals surface area (Å²) in [5.74, 6) is -2.43. The minimum absolute atomic E-state index is 0.0318. The number of amides is 2. The number of hydrogen-bond donors (Lipinski definition) is 2. The Labute approximate surface area is 387 Å². The highest BCUT2D eigenvalue weighted by atomic mass is 32.2. The lowest BCUT2D eigenvalue weighted by Crippen LogP contribution is -2.40.